The van der Waals surface area contributed by atoms with E-state index >= 15 is 0 Å². The summed E-state index contributed by atoms with van der Waals surface area (Å²) >= 11 is 0. The van der Waals surface area contributed by atoms with Crippen LogP contribution in [-0.2, 0) is 0 Å². The molecule has 0 spiro atoms. The first-order valence-corrected chi connectivity index (χ1v) is 4.82. The second kappa shape index (κ2) is 5.59. The topological polar surface area (TPSA) is 35.8 Å². The minimum Gasteiger partial charge on any atom is -0.317 e. The lowest BCUT2D eigenvalue weighted by Crippen LogP contribution is -2.27. The molecule has 0 atom stereocenters. The van der Waals surface area contributed by atoms with Crippen molar-refractivity contribution >= 4 is 0 Å². The molecule has 0 bridgehead atoms. The molecule has 0 aliphatic carbocycles. The van der Waals surface area contributed by atoms with E-state index < -0.39 is 0 Å². The lowest BCUT2D eigenvalue weighted by molar-refractivity contribution is 0.371. The Morgan fingerprint density at radius 1 is 1.46 bits per heavy atom. The molecular weight excluding hydrogens is 160 g/mol. The maximum absolute atomic E-state index is 8.55. The van der Waals surface area contributed by atoms with Gasteiger partial charge in [-0.25, -0.2) is 0 Å². The van der Waals surface area contributed by atoms with Crippen LogP contribution in [0.4, 0.5) is 0 Å². The molecule has 13 heavy (non-hydrogen) atoms. The van der Waals surface area contributed by atoms with Crippen molar-refractivity contribution in [1.29, 1.82) is 5.26 Å². The largest absolute Gasteiger partial charge is 0.317 e. The van der Waals surface area contributed by atoms with E-state index in [0.717, 1.165) is 31.0 Å². The Morgan fingerprint density at radius 2 is 2.15 bits per heavy atom. The van der Waals surface area contributed by atoms with Gasteiger partial charge in [0.1, 0.15) is 0 Å². The van der Waals surface area contributed by atoms with Gasteiger partial charge in [-0.05, 0) is 43.8 Å². The summed E-state index contributed by atoms with van der Waals surface area (Å²) in [7, 11) is 0. The van der Waals surface area contributed by atoms with Crippen LogP contribution in [-0.4, -0.2) is 13.1 Å². The third-order valence-corrected chi connectivity index (χ3v) is 2.54. The van der Waals surface area contributed by atoms with Crippen LogP contribution in [0.3, 0.4) is 0 Å². The normalized spacial score (nSPS) is 17.5. The molecule has 0 unspecified atom stereocenters. The molecule has 0 radical (unpaired) electrons. The van der Waals surface area contributed by atoms with E-state index in [1.54, 1.807) is 0 Å². The highest BCUT2D eigenvalue weighted by molar-refractivity contribution is 5.06. The Labute approximate surface area is 79.9 Å². The molecule has 1 aliphatic heterocycles. The predicted molar refractivity (Wildman–Crippen MR) is 53.1 cm³/mol. The van der Waals surface area contributed by atoms with Gasteiger partial charge < -0.3 is 5.32 Å². The van der Waals surface area contributed by atoms with Crippen LogP contribution >= 0.6 is 0 Å². The van der Waals surface area contributed by atoms with Crippen LogP contribution < -0.4 is 5.32 Å². The summed E-state index contributed by atoms with van der Waals surface area (Å²) in [5, 5.41) is 11.9. The van der Waals surface area contributed by atoms with E-state index in [4.69, 9.17) is 5.26 Å². The third-order valence-electron chi connectivity index (χ3n) is 2.54. The van der Waals surface area contributed by atoms with Crippen molar-refractivity contribution in [2.45, 2.75) is 25.7 Å². The third kappa shape index (κ3) is 3.46. The fourth-order valence-corrected chi connectivity index (χ4v) is 1.74. The van der Waals surface area contributed by atoms with E-state index in [1.807, 2.05) is 0 Å². The average Bonchev–Trinajstić information content (AvgIpc) is 2.19. The highest BCUT2D eigenvalue weighted by Crippen LogP contribution is 2.21. The van der Waals surface area contributed by atoms with Crippen LogP contribution in [0.1, 0.15) is 25.7 Å². The van der Waals surface area contributed by atoms with Crippen LogP contribution in [0.2, 0.25) is 0 Å². The zero-order valence-electron chi connectivity index (χ0n) is 7.97. The Bertz CT molecular complexity index is 237. The summed E-state index contributed by atoms with van der Waals surface area (Å²) in [5.74, 6) is 0.735. The van der Waals surface area contributed by atoms with Gasteiger partial charge in [0.2, 0.25) is 0 Å². The summed E-state index contributed by atoms with van der Waals surface area (Å²) in [4.78, 5) is 0. The predicted octanol–water partition coefficient (Wildman–Crippen LogP) is 2.00. The maximum Gasteiger partial charge on any atom is 0.0672 e. The highest BCUT2D eigenvalue weighted by Gasteiger charge is 2.14. The van der Waals surface area contributed by atoms with Gasteiger partial charge in [-0.1, -0.05) is 6.58 Å². The van der Waals surface area contributed by atoms with Gasteiger partial charge in [0.25, 0.3) is 0 Å². The standard InChI is InChI=1S/C11H16N2/c1-2-10(3-6-12)9-11-4-7-13-8-5-11/h11,13H,1,3-5,7-9H2. The molecule has 0 aromatic heterocycles. The van der Waals surface area contributed by atoms with E-state index in [0.29, 0.717) is 6.42 Å². The Balaban J connectivity index is 2.37. The Hall–Kier alpha value is -1.03. The summed E-state index contributed by atoms with van der Waals surface area (Å²) in [6.45, 7) is 5.84. The van der Waals surface area contributed by atoms with Gasteiger partial charge in [-0.2, -0.15) is 5.26 Å². The second-order valence-electron chi connectivity index (χ2n) is 3.51. The lowest BCUT2D eigenvalue weighted by Gasteiger charge is -2.22. The van der Waals surface area contributed by atoms with Crippen molar-refractivity contribution < 1.29 is 0 Å². The van der Waals surface area contributed by atoms with Gasteiger partial charge in [-0.15, -0.1) is 5.73 Å². The molecule has 1 aliphatic rings. The molecule has 2 heteroatoms. The van der Waals surface area contributed by atoms with Gasteiger partial charge >= 0.3 is 0 Å². The van der Waals surface area contributed by atoms with Crippen molar-refractivity contribution in [3.05, 3.63) is 17.9 Å². The lowest BCUT2D eigenvalue weighted by atomic mass is 9.90. The Morgan fingerprint density at radius 3 is 2.69 bits per heavy atom. The number of nitriles is 1. The fourth-order valence-electron chi connectivity index (χ4n) is 1.74. The molecule has 0 saturated carbocycles. The van der Waals surface area contributed by atoms with E-state index in [2.05, 4.69) is 23.7 Å². The van der Waals surface area contributed by atoms with Crippen LogP contribution in [0, 0.1) is 17.2 Å². The first-order valence-electron chi connectivity index (χ1n) is 4.82. The van der Waals surface area contributed by atoms with E-state index in [9.17, 15) is 0 Å². The Kier molecular flexibility index (Phi) is 4.32. The number of piperidine rings is 1. The first kappa shape index (κ1) is 10.1. The molecule has 70 valence electrons. The molecule has 1 heterocycles. The van der Waals surface area contributed by atoms with Gasteiger partial charge in [0.15, 0.2) is 0 Å². The molecule has 0 amide bonds. The molecule has 0 aromatic carbocycles. The molecule has 2 nitrogen and oxygen atoms in total. The number of nitrogens with one attached hydrogen (secondary N) is 1. The SMILES string of the molecule is C=C=C(CC#N)CC1CCNCC1. The zero-order valence-corrected chi connectivity index (χ0v) is 7.97. The quantitative estimate of drug-likeness (QED) is 0.668. The number of nitrogens with zero attached hydrogens (tertiary/aromatic N) is 1. The monoisotopic (exact) mass is 176 g/mol. The summed E-state index contributed by atoms with van der Waals surface area (Å²) in [5.41, 5.74) is 3.95. The minimum absolute atomic E-state index is 0.493. The second-order valence-corrected chi connectivity index (χ2v) is 3.51. The first-order chi connectivity index (χ1) is 6.36. The number of allylic oxidation sites excluding steroid dienone is 1. The summed E-state index contributed by atoms with van der Waals surface area (Å²) in [6.07, 6.45) is 3.94. The van der Waals surface area contributed by atoms with E-state index in [1.165, 1.54) is 12.8 Å². The number of rotatable bonds is 3. The number of hydrogen-bond donors (Lipinski definition) is 1. The van der Waals surface area contributed by atoms with Crippen molar-refractivity contribution in [2.24, 2.45) is 5.92 Å². The van der Waals surface area contributed by atoms with Crippen LogP contribution in [0.25, 0.3) is 0 Å². The van der Waals surface area contributed by atoms with Crippen LogP contribution in [0.5, 0.6) is 0 Å². The van der Waals surface area contributed by atoms with Gasteiger partial charge in [0, 0.05) is 0 Å². The smallest absolute Gasteiger partial charge is 0.0672 e. The van der Waals surface area contributed by atoms with Crippen molar-refractivity contribution in [2.75, 3.05) is 13.1 Å². The highest BCUT2D eigenvalue weighted by atomic mass is 14.9. The fraction of sp³-hybridized carbons (Fsp3) is 0.636. The van der Waals surface area contributed by atoms with Crippen molar-refractivity contribution in [1.82, 2.24) is 5.32 Å². The van der Waals surface area contributed by atoms with Crippen LogP contribution in [0.15, 0.2) is 17.9 Å². The molecule has 1 N–H and O–H groups in total. The summed E-state index contributed by atoms with van der Waals surface area (Å²) < 4.78 is 0. The van der Waals surface area contributed by atoms with Gasteiger partial charge in [-0.3, -0.25) is 0 Å². The molecule has 1 fully saturated rings. The molecule has 1 rings (SSSR count). The molecular formula is C11H16N2. The zero-order chi connectivity index (χ0) is 9.52. The maximum atomic E-state index is 8.55. The average molecular weight is 176 g/mol. The molecule has 0 aromatic rings. The van der Waals surface area contributed by atoms with E-state index in [-0.39, 0.29) is 0 Å². The summed E-state index contributed by atoms with van der Waals surface area (Å²) in [6, 6.07) is 2.15. The minimum atomic E-state index is 0.493. The van der Waals surface area contributed by atoms with Crippen molar-refractivity contribution in [3.8, 4) is 6.07 Å². The number of hydrogen-bond acceptors (Lipinski definition) is 2. The molecule has 1 saturated heterocycles. The van der Waals surface area contributed by atoms with Crippen molar-refractivity contribution in [3.63, 3.8) is 0 Å². The van der Waals surface area contributed by atoms with Gasteiger partial charge in [0.05, 0.1) is 12.5 Å².